The first-order valence-corrected chi connectivity index (χ1v) is 9.86. The molecule has 0 aromatic heterocycles. The molecule has 3 heteroatoms. The average molecular weight is 352 g/mol. The number of halogens is 1. The molecule has 120 valence electrons. The van der Waals surface area contributed by atoms with Gasteiger partial charge in [0.15, 0.2) is 0 Å². The van der Waals surface area contributed by atoms with E-state index in [0.29, 0.717) is 0 Å². The van der Waals surface area contributed by atoms with Gasteiger partial charge in [-0.2, -0.15) is 0 Å². The third kappa shape index (κ3) is 4.77. The van der Waals surface area contributed by atoms with Crippen LogP contribution in [-0.4, -0.2) is 18.9 Å². The van der Waals surface area contributed by atoms with Gasteiger partial charge in [0.2, 0.25) is 0 Å². The third-order valence-corrected chi connectivity index (χ3v) is 6.44. The van der Waals surface area contributed by atoms with Crippen molar-refractivity contribution in [3.63, 3.8) is 0 Å². The van der Waals surface area contributed by atoms with E-state index >= 15 is 0 Å². The van der Waals surface area contributed by atoms with Crippen molar-refractivity contribution in [2.24, 2.45) is 4.99 Å². The molecule has 0 unspecified atom stereocenters. The van der Waals surface area contributed by atoms with Crippen LogP contribution in [0.2, 0.25) is 5.02 Å². The first-order chi connectivity index (χ1) is 11.8. The number of benzene rings is 3. The molecular formula is C21H19ClNP. The second-order valence-corrected chi connectivity index (χ2v) is 8.18. The van der Waals surface area contributed by atoms with Gasteiger partial charge in [-0.05, 0) is 42.4 Å². The summed E-state index contributed by atoms with van der Waals surface area (Å²) in [6.07, 6.45) is 2.98. The Morgan fingerprint density at radius 1 is 0.750 bits per heavy atom. The third-order valence-electron chi connectivity index (χ3n) is 3.70. The van der Waals surface area contributed by atoms with Crippen molar-refractivity contribution >= 4 is 36.3 Å². The topological polar surface area (TPSA) is 12.4 Å². The fraction of sp³-hybridized carbons (Fsp3) is 0.0952. The van der Waals surface area contributed by atoms with Gasteiger partial charge in [0.25, 0.3) is 0 Å². The van der Waals surface area contributed by atoms with Crippen LogP contribution >= 0.6 is 19.5 Å². The molecule has 0 N–H and O–H groups in total. The first kappa shape index (κ1) is 16.9. The van der Waals surface area contributed by atoms with Crippen molar-refractivity contribution in [1.29, 1.82) is 0 Å². The smallest absolute Gasteiger partial charge is 0.0434 e. The van der Waals surface area contributed by atoms with Gasteiger partial charge in [-0.25, -0.2) is 0 Å². The van der Waals surface area contributed by atoms with Crippen molar-refractivity contribution < 1.29 is 0 Å². The highest BCUT2D eigenvalue weighted by Gasteiger charge is 2.12. The zero-order valence-electron chi connectivity index (χ0n) is 13.3. The zero-order valence-corrected chi connectivity index (χ0v) is 15.0. The van der Waals surface area contributed by atoms with Crippen LogP contribution in [0.1, 0.15) is 5.56 Å². The van der Waals surface area contributed by atoms with Crippen LogP contribution in [0.4, 0.5) is 0 Å². The number of rotatable bonds is 6. The molecule has 0 aliphatic heterocycles. The predicted octanol–water partition coefficient (Wildman–Crippen LogP) is 4.89. The molecule has 0 bridgehead atoms. The van der Waals surface area contributed by atoms with Crippen LogP contribution in [0.25, 0.3) is 0 Å². The summed E-state index contributed by atoms with van der Waals surface area (Å²) >= 11 is 5.91. The Labute approximate surface area is 149 Å². The second-order valence-electron chi connectivity index (χ2n) is 5.41. The number of nitrogens with zero attached hydrogens (tertiary/aromatic N) is 1. The SMILES string of the molecule is Clc1ccc(C=NCCP(c2ccccc2)c2ccccc2)cc1. The molecule has 0 atom stereocenters. The zero-order chi connectivity index (χ0) is 16.6. The lowest BCUT2D eigenvalue weighted by atomic mass is 10.2. The van der Waals surface area contributed by atoms with Crippen LogP contribution in [0, 0.1) is 0 Å². The standard InChI is InChI=1S/C21H19ClNP/c22-19-13-11-18(12-14-19)17-23-15-16-24(20-7-3-1-4-8-20)21-9-5-2-6-10-21/h1-14,17H,15-16H2. The van der Waals surface area contributed by atoms with Gasteiger partial charge in [-0.1, -0.05) is 84.4 Å². The van der Waals surface area contributed by atoms with E-state index in [-0.39, 0.29) is 7.92 Å². The molecule has 0 saturated carbocycles. The fourth-order valence-electron chi connectivity index (χ4n) is 2.50. The lowest BCUT2D eigenvalue weighted by Gasteiger charge is -2.17. The summed E-state index contributed by atoms with van der Waals surface area (Å²) in [5.74, 6) is 0. The molecule has 0 heterocycles. The first-order valence-electron chi connectivity index (χ1n) is 7.96. The van der Waals surface area contributed by atoms with Gasteiger partial charge in [0, 0.05) is 17.8 Å². The van der Waals surface area contributed by atoms with Crippen LogP contribution in [0.5, 0.6) is 0 Å². The highest BCUT2D eigenvalue weighted by Crippen LogP contribution is 2.32. The Bertz CT molecular complexity index is 730. The van der Waals surface area contributed by atoms with E-state index in [1.165, 1.54) is 10.6 Å². The Balaban J connectivity index is 1.70. The maximum atomic E-state index is 5.91. The summed E-state index contributed by atoms with van der Waals surface area (Å²) in [6.45, 7) is 0.818. The van der Waals surface area contributed by atoms with Crippen molar-refractivity contribution in [1.82, 2.24) is 0 Å². The van der Waals surface area contributed by atoms with E-state index in [2.05, 4.69) is 65.7 Å². The maximum absolute atomic E-state index is 5.91. The van der Waals surface area contributed by atoms with E-state index in [9.17, 15) is 0 Å². The van der Waals surface area contributed by atoms with Gasteiger partial charge in [-0.15, -0.1) is 0 Å². The Morgan fingerprint density at radius 2 is 1.29 bits per heavy atom. The van der Waals surface area contributed by atoms with Crippen molar-refractivity contribution in [3.05, 3.63) is 95.5 Å². The Hall–Kier alpha value is -1.95. The molecule has 0 amide bonds. The van der Waals surface area contributed by atoms with E-state index in [4.69, 9.17) is 11.6 Å². The predicted molar refractivity (Wildman–Crippen MR) is 108 cm³/mol. The molecule has 3 aromatic carbocycles. The summed E-state index contributed by atoms with van der Waals surface area (Å²) in [6, 6.07) is 29.3. The van der Waals surface area contributed by atoms with Gasteiger partial charge >= 0.3 is 0 Å². The summed E-state index contributed by atoms with van der Waals surface area (Å²) in [5.41, 5.74) is 1.09. The van der Waals surface area contributed by atoms with Crippen molar-refractivity contribution in [2.45, 2.75) is 0 Å². The molecule has 3 rings (SSSR count). The molecule has 0 aliphatic carbocycles. The summed E-state index contributed by atoms with van der Waals surface area (Å²) < 4.78 is 0. The normalized spacial score (nSPS) is 11.2. The van der Waals surface area contributed by atoms with Gasteiger partial charge < -0.3 is 0 Å². The van der Waals surface area contributed by atoms with E-state index in [1.807, 2.05) is 30.5 Å². The molecular weight excluding hydrogens is 333 g/mol. The second kappa shape index (κ2) is 8.78. The Morgan fingerprint density at radius 3 is 1.83 bits per heavy atom. The van der Waals surface area contributed by atoms with Gasteiger partial charge in [-0.3, -0.25) is 4.99 Å². The summed E-state index contributed by atoms with van der Waals surface area (Å²) in [7, 11) is -0.371. The van der Waals surface area contributed by atoms with Crippen LogP contribution < -0.4 is 10.6 Å². The minimum Gasteiger partial charge on any atom is -0.292 e. The minimum atomic E-state index is -0.371. The quantitative estimate of drug-likeness (QED) is 0.443. The van der Waals surface area contributed by atoms with Crippen LogP contribution in [0.15, 0.2) is 89.9 Å². The molecule has 0 aliphatic rings. The maximum Gasteiger partial charge on any atom is 0.0434 e. The van der Waals surface area contributed by atoms with E-state index in [1.54, 1.807) is 0 Å². The number of aliphatic imine (C=N–C) groups is 1. The van der Waals surface area contributed by atoms with Gasteiger partial charge in [0.05, 0.1) is 0 Å². The molecule has 1 nitrogen and oxygen atoms in total. The van der Waals surface area contributed by atoms with E-state index in [0.717, 1.165) is 23.3 Å². The summed E-state index contributed by atoms with van der Waals surface area (Å²) in [5, 5.41) is 3.56. The van der Waals surface area contributed by atoms with Crippen LogP contribution in [-0.2, 0) is 0 Å². The highest BCUT2D eigenvalue weighted by atomic mass is 35.5. The summed E-state index contributed by atoms with van der Waals surface area (Å²) in [4.78, 5) is 4.61. The number of hydrogen-bond acceptors (Lipinski definition) is 1. The van der Waals surface area contributed by atoms with Gasteiger partial charge in [0.1, 0.15) is 0 Å². The lowest BCUT2D eigenvalue weighted by Crippen LogP contribution is -2.15. The largest absolute Gasteiger partial charge is 0.292 e. The average Bonchev–Trinajstić information content (AvgIpc) is 2.65. The molecule has 0 radical (unpaired) electrons. The molecule has 0 saturated heterocycles. The minimum absolute atomic E-state index is 0.371. The Kier molecular flexibility index (Phi) is 6.18. The molecule has 0 spiro atoms. The van der Waals surface area contributed by atoms with Crippen molar-refractivity contribution in [3.8, 4) is 0 Å². The van der Waals surface area contributed by atoms with E-state index < -0.39 is 0 Å². The monoisotopic (exact) mass is 351 g/mol. The lowest BCUT2D eigenvalue weighted by molar-refractivity contribution is 1.15. The molecule has 0 fully saturated rings. The highest BCUT2D eigenvalue weighted by molar-refractivity contribution is 7.73. The molecule has 24 heavy (non-hydrogen) atoms. The van der Waals surface area contributed by atoms with Crippen LogP contribution in [0.3, 0.4) is 0 Å². The van der Waals surface area contributed by atoms with Crippen molar-refractivity contribution in [2.75, 3.05) is 12.7 Å². The fourth-order valence-corrected chi connectivity index (χ4v) is 4.82. The molecule has 3 aromatic rings. The number of hydrogen-bond donors (Lipinski definition) is 0.